The average molecular weight is 224 g/mol. The zero-order chi connectivity index (χ0) is 10.8. The zero-order valence-electron chi connectivity index (χ0n) is 8.92. The van der Waals surface area contributed by atoms with Crippen molar-refractivity contribution in [2.45, 2.75) is 13.3 Å². The summed E-state index contributed by atoms with van der Waals surface area (Å²) in [6.07, 6.45) is 0.974. The van der Waals surface area contributed by atoms with Gasteiger partial charge in [0.25, 0.3) is 0 Å². The highest BCUT2D eigenvalue weighted by Crippen LogP contribution is 2.19. The minimum absolute atomic E-state index is 0.582. The van der Waals surface area contributed by atoms with E-state index in [1.54, 1.807) is 0 Å². The number of hydrogen-bond acceptors (Lipinski definition) is 2. The lowest BCUT2D eigenvalue weighted by atomic mass is 10.2. The first-order valence-corrected chi connectivity index (χ1v) is 5.39. The lowest BCUT2D eigenvalue weighted by Crippen LogP contribution is -2.12. The highest BCUT2D eigenvalue weighted by atomic mass is 35.5. The maximum Gasteiger partial charge on any atom is 0.155 e. The summed E-state index contributed by atoms with van der Waals surface area (Å²) in [5, 5.41) is 3.72. The van der Waals surface area contributed by atoms with E-state index in [0.717, 1.165) is 24.3 Å². The van der Waals surface area contributed by atoms with Crippen LogP contribution in [0.1, 0.15) is 11.5 Å². The van der Waals surface area contributed by atoms with Crippen molar-refractivity contribution in [1.29, 1.82) is 0 Å². The molecule has 0 radical (unpaired) electrons. The quantitative estimate of drug-likeness (QED) is 0.863. The Balaban J connectivity index is 2.54. The van der Waals surface area contributed by atoms with Crippen LogP contribution in [-0.4, -0.2) is 23.0 Å². The van der Waals surface area contributed by atoms with E-state index < -0.39 is 0 Å². The predicted octanol–water partition coefficient (Wildman–Crippen LogP) is 2.06. The van der Waals surface area contributed by atoms with Crippen molar-refractivity contribution >= 4 is 17.1 Å². The van der Waals surface area contributed by atoms with Gasteiger partial charge in [0.15, 0.2) is 5.15 Å². The number of nitrogens with one attached hydrogen (secondary N) is 1. The van der Waals surface area contributed by atoms with Gasteiger partial charge in [0.1, 0.15) is 5.82 Å². The molecule has 0 unspecified atom stereocenters. The monoisotopic (exact) mass is 223 g/mol. The Bertz CT molecular complexity index is 476. The van der Waals surface area contributed by atoms with Gasteiger partial charge in [-0.2, -0.15) is 0 Å². The van der Waals surface area contributed by atoms with E-state index in [1.165, 1.54) is 5.69 Å². The Kier molecular flexibility index (Phi) is 2.93. The van der Waals surface area contributed by atoms with Crippen molar-refractivity contribution in [2.75, 3.05) is 13.6 Å². The molecule has 4 heteroatoms. The fourth-order valence-corrected chi connectivity index (χ4v) is 2.06. The molecule has 0 saturated heterocycles. The molecule has 2 aromatic rings. The Morgan fingerprint density at radius 1 is 1.47 bits per heavy atom. The minimum atomic E-state index is 0.582. The third-order valence-electron chi connectivity index (χ3n) is 2.50. The van der Waals surface area contributed by atoms with Crippen LogP contribution in [0.2, 0.25) is 5.15 Å². The number of hydrogen-bond donors (Lipinski definition) is 1. The van der Waals surface area contributed by atoms with E-state index in [-0.39, 0.29) is 0 Å². The molecule has 2 heterocycles. The number of fused-ring (bicyclic) bond motifs is 1. The number of aromatic nitrogens is 2. The molecule has 15 heavy (non-hydrogen) atoms. The summed E-state index contributed by atoms with van der Waals surface area (Å²) in [4.78, 5) is 4.27. The van der Waals surface area contributed by atoms with Crippen LogP contribution >= 0.6 is 11.6 Å². The van der Waals surface area contributed by atoms with Crippen LogP contribution in [-0.2, 0) is 6.42 Å². The van der Waals surface area contributed by atoms with E-state index in [4.69, 9.17) is 11.6 Å². The van der Waals surface area contributed by atoms with Gasteiger partial charge in [-0.15, -0.1) is 0 Å². The maximum atomic E-state index is 6.04. The number of pyridine rings is 1. The first kappa shape index (κ1) is 10.5. The van der Waals surface area contributed by atoms with Gasteiger partial charge in [-0.25, -0.2) is 4.98 Å². The summed E-state index contributed by atoms with van der Waals surface area (Å²) in [5.41, 5.74) is 2.22. The molecule has 0 aliphatic carbocycles. The van der Waals surface area contributed by atoms with Gasteiger partial charge in [-0.1, -0.05) is 17.7 Å². The van der Waals surface area contributed by atoms with Gasteiger partial charge in [-0.05, 0) is 26.1 Å². The number of rotatable bonds is 3. The topological polar surface area (TPSA) is 29.3 Å². The molecule has 3 nitrogen and oxygen atoms in total. The smallest absolute Gasteiger partial charge is 0.155 e. The van der Waals surface area contributed by atoms with E-state index in [9.17, 15) is 0 Å². The van der Waals surface area contributed by atoms with Gasteiger partial charge in [0, 0.05) is 18.7 Å². The molecule has 1 N–H and O–H groups in total. The van der Waals surface area contributed by atoms with Crippen molar-refractivity contribution < 1.29 is 0 Å². The Labute approximate surface area is 94.1 Å². The summed E-state index contributed by atoms with van der Waals surface area (Å²) in [6, 6.07) is 6.12. The first-order chi connectivity index (χ1) is 7.24. The fourth-order valence-electron chi connectivity index (χ4n) is 1.79. The molecule has 2 aromatic heterocycles. The van der Waals surface area contributed by atoms with Gasteiger partial charge >= 0.3 is 0 Å². The third kappa shape index (κ3) is 1.85. The summed E-state index contributed by atoms with van der Waals surface area (Å²) >= 11 is 6.04. The second-order valence-electron chi connectivity index (χ2n) is 3.54. The van der Waals surface area contributed by atoms with Gasteiger partial charge in [0.2, 0.25) is 0 Å². The van der Waals surface area contributed by atoms with Gasteiger partial charge < -0.3 is 5.32 Å². The lowest BCUT2D eigenvalue weighted by molar-refractivity contribution is 0.763. The second-order valence-corrected chi connectivity index (χ2v) is 3.90. The summed E-state index contributed by atoms with van der Waals surface area (Å²) in [5.74, 6) is 0.946. The fraction of sp³-hybridized carbons (Fsp3) is 0.364. The molecular weight excluding hydrogens is 210 g/mol. The van der Waals surface area contributed by atoms with Crippen LogP contribution in [0, 0.1) is 6.92 Å². The molecule has 0 aliphatic heterocycles. The molecule has 0 aromatic carbocycles. The molecule has 0 fully saturated rings. The summed E-state index contributed by atoms with van der Waals surface area (Å²) < 4.78 is 2.11. The van der Waals surface area contributed by atoms with Crippen molar-refractivity contribution in [3.63, 3.8) is 0 Å². The molecule has 0 bridgehead atoms. The van der Waals surface area contributed by atoms with Crippen molar-refractivity contribution in [1.82, 2.24) is 14.7 Å². The van der Waals surface area contributed by atoms with Crippen molar-refractivity contribution in [2.24, 2.45) is 0 Å². The minimum Gasteiger partial charge on any atom is -0.319 e. The molecule has 0 saturated carbocycles. The number of aryl methyl sites for hydroxylation is 1. The Hall–Kier alpha value is -1.06. The largest absolute Gasteiger partial charge is 0.319 e. The lowest BCUT2D eigenvalue weighted by Gasteiger charge is -2.06. The van der Waals surface area contributed by atoms with Crippen LogP contribution in [0.25, 0.3) is 5.52 Å². The Morgan fingerprint density at radius 3 is 3.00 bits per heavy atom. The Morgan fingerprint density at radius 2 is 2.27 bits per heavy atom. The van der Waals surface area contributed by atoms with E-state index in [0.29, 0.717) is 5.15 Å². The third-order valence-corrected chi connectivity index (χ3v) is 2.78. The molecule has 0 spiro atoms. The zero-order valence-corrected chi connectivity index (χ0v) is 9.67. The number of nitrogens with zero attached hydrogens (tertiary/aromatic N) is 2. The van der Waals surface area contributed by atoms with E-state index in [2.05, 4.69) is 20.8 Å². The van der Waals surface area contributed by atoms with Crippen LogP contribution in [0.3, 0.4) is 0 Å². The maximum absolute atomic E-state index is 6.04. The normalized spacial score (nSPS) is 11.1. The highest BCUT2D eigenvalue weighted by Gasteiger charge is 2.08. The molecular formula is C11H14ClN3. The molecule has 2 rings (SSSR count). The summed E-state index contributed by atoms with van der Waals surface area (Å²) in [6.45, 7) is 2.93. The number of likely N-dealkylation sites (N-methyl/N-ethyl adjacent to an activating group) is 1. The van der Waals surface area contributed by atoms with Crippen molar-refractivity contribution in [3.05, 3.63) is 34.9 Å². The first-order valence-electron chi connectivity index (χ1n) is 5.01. The number of halogens is 1. The van der Waals surface area contributed by atoms with Gasteiger partial charge in [-0.3, -0.25) is 4.40 Å². The predicted molar refractivity (Wildman–Crippen MR) is 62.6 cm³/mol. The van der Waals surface area contributed by atoms with Gasteiger partial charge in [0.05, 0.1) is 5.52 Å². The number of imidazole rings is 1. The van der Waals surface area contributed by atoms with Crippen LogP contribution in [0.4, 0.5) is 0 Å². The molecule has 0 amide bonds. The molecule has 0 atom stereocenters. The SMILES string of the molecule is CNCCc1cccc2c(Cl)nc(C)n12. The summed E-state index contributed by atoms with van der Waals surface area (Å²) in [7, 11) is 1.95. The van der Waals surface area contributed by atoms with E-state index in [1.807, 2.05) is 26.1 Å². The van der Waals surface area contributed by atoms with E-state index >= 15 is 0 Å². The molecule has 0 aliphatic rings. The molecule has 80 valence electrons. The average Bonchev–Trinajstić information content (AvgIpc) is 2.53. The van der Waals surface area contributed by atoms with Crippen LogP contribution < -0.4 is 5.32 Å². The van der Waals surface area contributed by atoms with Crippen molar-refractivity contribution in [3.8, 4) is 0 Å². The standard InChI is InChI=1S/C11H14ClN3/c1-8-14-11(12)10-5-3-4-9(15(8)10)6-7-13-2/h3-5,13H,6-7H2,1-2H3. The van der Waals surface area contributed by atoms with Crippen LogP contribution in [0.5, 0.6) is 0 Å². The highest BCUT2D eigenvalue weighted by molar-refractivity contribution is 6.32. The van der Waals surface area contributed by atoms with Crippen LogP contribution in [0.15, 0.2) is 18.2 Å². The second kappa shape index (κ2) is 4.21.